The zero-order valence-corrected chi connectivity index (χ0v) is 11.9. The lowest BCUT2D eigenvalue weighted by molar-refractivity contribution is 0.255. The third-order valence-corrected chi connectivity index (χ3v) is 4.93. The number of sulfonamides is 1. The second-order valence-corrected chi connectivity index (χ2v) is 7.77. The van der Waals surface area contributed by atoms with Crippen molar-refractivity contribution in [2.24, 2.45) is 0 Å². The van der Waals surface area contributed by atoms with Gasteiger partial charge in [0.25, 0.3) is 0 Å². The SMILES string of the molecule is CC(C)(C)S(=O)(=O)N[C@@H](CO)Cc1ccccc1. The molecule has 1 aromatic rings. The average molecular weight is 271 g/mol. The number of aliphatic hydroxyl groups is 1. The summed E-state index contributed by atoms with van der Waals surface area (Å²) in [6.07, 6.45) is 0.479. The molecule has 0 radical (unpaired) electrons. The molecule has 0 saturated heterocycles. The molecule has 1 rings (SSSR count). The molecular formula is C13H21NO3S. The van der Waals surface area contributed by atoms with Gasteiger partial charge < -0.3 is 5.11 Å². The van der Waals surface area contributed by atoms with Gasteiger partial charge >= 0.3 is 0 Å². The minimum atomic E-state index is -3.44. The molecule has 0 aromatic heterocycles. The Hall–Kier alpha value is -0.910. The van der Waals surface area contributed by atoms with E-state index in [0.717, 1.165) is 5.56 Å². The summed E-state index contributed by atoms with van der Waals surface area (Å²) < 4.78 is 25.7. The van der Waals surface area contributed by atoms with Crippen LogP contribution in [0.1, 0.15) is 26.3 Å². The molecule has 0 heterocycles. The second-order valence-electron chi connectivity index (χ2n) is 5.30. The molecule has 4 nitrogen and oxygen atoms in total. The van der Waals surface area contributed by atoms with E-state index >= 15 is 0 Å². The number of nitrogens with one attached hydrogen (secondary N) is 1. The van der Waals surface area contributed by atoms with Crippen LogP contribution in [0.3, 0.4) is 0 Å². The summed E-state index contributed by atoms with van der Waals surface area (Å²) in [5.74, 6) is 0. The maximum Gasteiger partial charge on any atom is 0.216 e. The third-order valence-electron chi connectivity index (χ3n) is 2.67. The van der Waals surface area contributed by atoms with Gasteiger partial charge in [-0.05, 0) is 32.8 Å². The van der Waals surface area contributed by atoms with E-state index in [4.69, 9.17) is 0 Å². The molecule has 0 saturated carbocycles. The summed E-state index contributed by atoms with van der Waals surface area (Å²) in [7, 11) is -3.44. The van der Waals surface area contributed by atoms with Gasteiger partial charge in [-0.15, -0.1) is 0 Å². The number of rotatable bonds is 5. The number of aliphatic hydroxyl groups excluding tert-OH is 1. The predicted molar refractivity (Wildman–Crippen MR) is 72.8 cm³/mol. The first-order chi connectivity index (χ1) is 8.26. The molecule has 1 aromatic carbocycles. The van der Waals surface area contributed by atoms with Crippen LogP contribution in [0, 0.1) is 0 Å². The van der Waals surface area contributed by atoms with Gasteiger partial charge in [-0.3, -0.25) is 0 Å². The van der Waals surface area contributed by atoms with Crippen LogP contribution in [0.15, 0.2) is 30.3 Å². The van der Waals surface area contributed by atoms with Crippen LogP contribution in [0.2, 0.25) is 0 Å². The Morgan fingerprint density at radius 3 is 2.22 bits per heavy atom. The van der Waals surface area contributed by atoms with Crippen molar-refractivity contribution in [2.75, 3.05) is 6.61 Å². The van der Waals surface area contributed by atoms with Crippen LogP contribution in [0.5, 0.6) is 0 Å². The van der Waals surface area contributed by atoms with E-state index in [2.05, 4.69) is 4.72 Å². The third kappa shape index (κ3) is 4.08. The number of benzene rings is 1. The van der Waals surface area contributed by atoms with Gasteiger partial charge in [0.2, 0.25) is 10.0 Å². The highest BCUT2D eigenvalue weighted by Crippen LogP contribution is 2.14. The van der Waals surface area contributed by atoms with Crippen LogP contribution < -0.4 is 4.72 Å². The van der Waals surface area contributed by atoms with Crippen LogP contribution in [0.4, 0.5) is 0 Å². The average Bonchev–Trinajstić information content (AvgIpc) is 2.27. The normalized spacial score (nSPS) is 14.4. The fraction of sp³-hybridized carbons (Fsp3) is 0.538. The molecule has 0 aliphatic heterocycles. The van der Waals surface area contributed by atoms with Crippen molar-refractivity contribution in [2.45, 2.75) is 38.0 Å². The lowest BCUT2D eigenvalue weighted by Crippen LogP contribution is -2.46. The summed E-state index contributed by atoms with van der Waals surface area (Å²) in [6, 6.07) is 9.01. The maximum atomic E-state index is 12.0. The van der Waals surface area contributed by atoms with Crippen molar-refractivity contribution in [1.82, 2.24) is 4.72 Å². The lowest BCUT2D eigenvalue weighted by Gasteiger charge is -2.24. The Balaban J connectivity index is 2.75. The minimum Gasteiger partial charge on any atom is -0.395 e. The van der Waals surface area contributed by atoms with E-state index in [1.165, 1.54) is 0 Å². The van der Waals surface area contributed by atoms with Crippen LogP contribution in [-0.4, -0.2) is 30.9 Å². The minimum absolute atomic E-state index is 0.218. The van der Waals surface area contributed by atoms with Gasteiger partial charge in [0.05, 0.1) is 11.4 Å². The first kappa shape index (κ1) is 15.1. The molecule has 0 aliphatic rings. The van der Waals surface area contributed by atoms with Crippen molar-refractivity contribution in [3.05, 3.63) is 35.9 Å². The van der Waals surface area contributed by atoms with Gasteiger partial charge in [0, 0.05) is 6.04 Å². The molecule has 102 valence electrons. The molecule has 18 heavy (non-hydrogen) atoms. The first-order valence-electron chi connectivity index (χ1n) is 5.93. The maximum absolute atomic E-state index is 12.0. The van der Waals surface area contributed by atoms with Gasteiger partial charge in [-0.25, -0.2) is 13.1 Å². The van der Waals surface area contributed by atoms with E-state index < -0.39 is 20.8 Å². The van der Waals surface area contributed by atoms with E-state index in [9.17, 15) is 13.5 Å². The highest BCUT2D eigenvalue weighted by molar-refractivity contribution is 7.90. The monoisotopic (exact) mass is 271 g/mol. The molecule has 0 unspecified atom stereocenters. The summed E-state index contributed by atoms with van der Waals surface area (Å²) in [5, 5.41) is 9.29. The quantitative estimate of drug-likeness (QED) is 0.848. The fourth-order valence-electron chi connectivity index (χ4n) is 1.44. The predicted octanol–water partition coefficient (Wildman–Crippen LogP) is 1.31. The largest absolute Gasteiger partial charge is 0.395 e. The van der Waals surface area contributed by atoms with Crippen LogP contribution >= 0.6 is 0 Å². The zero-order chi connectivity index (χ0) is 13.8. The summed E-state index contributed by atoms with van der Waals surface area (Å²) in [5.41, 5.74) is 0.994. The van der Waals surface area contributed by atoms with Crippen molar-refractivity contribution in [3.63, 3.8) is 0 Å². The van der Waals surface area contributed by atoms with Crippen LogP contribution in [0.25, 0.3) is 0 Å². The number of hydrogen-bond donors (Lipinski definition) is 2. The highest BCUT2D eigenvalue weighted by atomic mass is 32.2. The summed E-state index contributed by atoms with van der Waals surface area (Å²) >= 11 is 0. The molecule has 0 fully saturated rings. The number of hydrogen-bond acceptors (Lipinski definition) is 3. The first-order valence-corrected chi connectivity index (χ1v) is 7.41. The van der Waals surface area contributed by atoms with Crippen molar-refractivity contribution in [3.8, 4) is 0 Å². The van der Waals surface area contributed by atoms with Crippen molar-refractivity contribution in [1.29, 1.82) is 0 Å². The van der Waals surface area contributed by atoms with Crippen LogP contribution in [-0.2, 0) is 16.4 Å². The Morgan fingerprint density at radius 2 is 1.78 bits per heavy atom. The standard InChI is InChI=1S/C13H21NO3S/c1-13(2,3)18(16,17)14-12(10-15)9-11-7-5-4-6-8-11/h4-8,12,14-15H,9-10H2,1-3H3/t12-/m1/s1. The Morgan fingerprint density at radius 1 is 1.22 bits per heavy atom. The molecule has 0 spiro atoms. The van der Waals surface area contributed by atoms with Gasteiger partial charge in [0.1, 0.15) is 0 Å². The lowest BCUT2D eigenvalue weighted by atomic mass is 10.1. The molecule has 0 aliphatic carbocycles. The second kappa shape index (κ2) is 5.82. The fourth-order valence-corrected chi connectivity index (χ4v) is 2.39. The zero-order valence-electron chi connectivity index (χ0n) is 11.1. The highest BCUT2D eigenvalue weighted by Gasteiger charge is 2.30. The topological polar surface area (TPSA) is 66.4 Å². The summed E-state index contributed by atoms with van der Waals surface area (Å²) in [4.78, 5) is 0. The molecular weight excluding hydrogens is 250 g/mol. The Bertz CT molecular complexity index is 463. The molecule has 1 atom stereocenters. The van der Waals surface area contributed by atoms with E-state index in [-0.39, 0.29) is 6.61 Å². The summed E-state index contributed by atoms with van der Waals surface area (Å²) in [6.45, 7) is 4.68. The van der Waals surface area contributed by atoms with Gasteiger partial charge in [0.15, 0.2) is 0 Å². The van der Waals surface area contributed by atoms with Crippen molar-refractivity contribution < 1.29 is 13.5 Å². The molecule has 0 amide bonds. The van der Waals surface area contributed by atoms with E-state index in [1.807, 2.05) is 30.3 Å². The molecule has 5 heteroatoms. The smallest absolute Gasteiger partial charge is 0.216 e. The van der Waals surface area contributed by atoms with E-state index in [0.29, 0.717) is 6.42 Å². The molecule has 0 bridgehead atoms. The van der Waals surface area contributed by atoms with Gasteiger partial charge in [-0.2, -0.15) is 0 Å². The molecule has 2 N–H and O–H groups in total. The van der Waals surface area contributed by atoms with Crippen molar-refractivity contribution >= 4 is 10.0 Å². The Labute approximate surface area is 109 Å². The van der Waals surface area contributed by atoms with E-state index in [1.54, 1.807) is 20.8 Å². The van der Waals surface area contributed by atoms with Gasteiger partial charge in [-0.1, -0.05) is 30.3 Å². The Kier molecular flexibility index (Phi) is 4.90.